The molecule has 1 atom stereocenters. The lowest BCUT2D eigenvalue weighted by molar-refractivity contribution is -0.154. The van der Waals surface area contributed by atoms with Crippen molar-refractivity contribution in [2.75, 3.05) is 26.7 Å². The molecule has 1 unspecified atom stereocenters. The Hall–Kier alpha value is -2.40. The third-order valence-electron chi connectivity index (χ3n) is 4.18. The Morgan fingerprint density at radius 3 is 2.46 bits per heavy atom. The van der Waals surface area contributed by atoms with E-state index in [1.54, 1.807) is 17.1 Å². The summed E-state index contributed by atoms with van der Waals surface area (Å²) in [6.45, 7) is 9.24. The number of esters is 1. The molecular formula is C19H24N2O3. The second-order valence-corrected chi connectivity index (χ2v) is 5.80. The van der Waals surface area contributed by atoms with E-state index in [0.717, 1.165) is 11.1 Å². The highest BCUT2D eigenvalue weighted by Crippen LogP contribution is 2.24. The van der Waals surface area contributed by atoms with E-state index in [1.807, 2.05) is 29.2 Å². The molecule has 1 aliphatic rings. The second kappa shape index (κ2) is 8.45. The van der Waals surface area contributed by atoms with Gasteiger partial charge in [-0.1, -0.05) is 36.4 Å². The summed E-state index contributed by atoms with van der Waals surface area (Å²) < 4.78 is 4.91. The zero-order valence-corrected chi connectivity index (χ0v) is 14.1. The zero-order chi connectivity index (χ0) is 17.5. The van der Waals surface area contributed by atoms with Crippen molar-refractivity contribution in [1.29, 1.82) is 0 Å². The van der Waals surface area contributed by atoms with E-state index < -0.39 is 6.04 Å². The standard InChI is InChI=1S/C19H24N2O3/c1-4-10-20(11-5-2)14-18(22)21-13-16-9-7-6-8-15(16)12-17(21)19(23)24-3/h4-9,17H,1-2,10-14H2,3H3. The van der Waals surface area contributed by atoms with Crippen LogP contribution in [0.4, 0.5) is 0 Å². The van der Waals surface area contributed by atoms with E-state index in [9.17, 15) is 9.59 Å². The quantitative estimate of drug-likeness (QED) is 0.566. The summed E-state index contributed by atoms with van der Waals surface area (Å²) in [6.07, 6.45) is 3.98. The molecule has 0 aromatic heterocycles. The maximum Gasteiger partial charge on any atom is 0.328 e. The van der Waals surface area contributed by atoms with Crippen LogP contribution < -0.4 is 0 Å². The van der Waals surface area contributed by atoms with Crippen molar-refractivity contribution in [2.24, 2.45) is 0 Å². The number of rotatable bonds is 7. The van der Waals surface area contributed by atoms with Crippen molar-refractivity contribution in [3.63, 3.8) is 0 Å². The van der Waals surface area contributed by atoms with Gasteiger partial charge in [0.05, 0.1) is 13.7 Å². The van der Waals surface area contributed by atoms with Crippen LogP contribution in [-0.4, -0.2) is 54.5 Å². The van der Waals surface area contributed by atoms with Crippen LogP contribution in [0.2, 0.25) is 0 Å². The fourth-order valence-electron chi connectivity index (χ4n) is 2.98. The van der Waals surface area contributed by atoms with Gasteiger partial charge in [0.15, 0.2) is 0 Å². The maximum atomic E-state index is 12.8. The monoisotopic (exact) mass is 328 g/mol. The molecule has 0 aliphatic carbocycles. The number of amides is 1. The molecule has 1 aromatic rings. The molecule has 1 amide bonds. The van der Waals surface area contributed by atoms with Crippen LogP contribution in [0.15, 0.2) is 49.6 Å². The average molecular weight is 328 g/mol. The molecule has 0 fully saturated rings. The number of fused-ring (bicyclic) bond motifs is 1. The van der Waals surface area contributed by atoms with Gasteiger partial charge in [-0.2, -0.15) is 0 Å². The van der Waals surface area contributed by atoms with E-state index in [1.165, 1.54) is 7.11 Å². The number of ether oxygens (including phenoxy) is 1. The van der Waals surface area contributed by atoms with Crippen LogP contribution >= 0.6 is 0 Å². The summed E-state index contributed by atoms with van der Waals surface area (Å²) in [6, 6.07) is 7.30. The number of benzene rings is 1. The van der Waals surface area contributed by atoms with Gasteiger partial charge in [0.1, 0.15) is 6.04 Å². The minimum atomic E-state index is -0.577. The Morgan fingerprint density at radius 2 is 1.88 bits per heavy atom. The molecule has 5 nitrogen and oxygen atoms in total. The first-order chi connectivity index (χ1) is 11.6. The second-order valence-electron chi connectivity index (χ2n) is 5.80. The van der Waals surface area contributed by atoms with Gasteiger partial charge in [-0.05, 0) is 11.1 Å². The Kier molecular flexibility index (Phi) is 6.32. The molecule has 5 heteroatoms. The molecule has 0 radical (unpaired) electrons. The van der Waals surface area contributed by atoms with Crippen molar-refractivity contribution < 1.29 is 14.3 Å². The first kappa shape index (κ1) is 17.9. The number of hydrogen-bond acceptors (Lipinski definition) is 4. The van der Waals surface area contributed by atoms with E-state index in [4.69, 9.17) is 4.74 Å². The summed E-state index contributed by atoms with van der Waals surface area (Å²) in [4.78, 5) is 28.5. The van der Waals surface area contributed by atoms with E-state index in [0.29, 0.717) is 26.1 Å². The summed E-state index contributed by atoms with van der Waals surface area (Å²) in [5, 5.41) is 0. The van der Waals surface area contributed by atoms with Crippen molar-refractivity contribution in [1.82, 2.24) is 9.80 Å². The van der Waals surface area contributed by atoms with Gasteiger partial charge in [-0.15, -0.1) is 13.2 Å². The predicted molar refractivity (Wildman–Crippen MR) is 93.3 cm³/mol. The van der Waals surface area contributed by atoms with Gasteiger partial charge in [-0.3, -0.25) is 9.69 Å². The molecule has 2 rings (SSSR count). The molecule has 0 saturated heterocycles. The minimum Gasteiger partial charge on any atom is -0.467 e. The highest BCUT2D eigenvalue weighted by molar-refractivity contribution is 5.86. The molecular weight excluding hydrogens is 304 g/mol. The van der Waals surface area contributed by atoms with Gasteiger partial charge in [0, 0.05) is 26.1 Å². The molecule has 0 saturated carbocycles. The maximum absolute atomic E-state index is 12.8. The summed E-state index contributed by atoms with van der Waals surface area (Å²) >= 11 is 0. The van der Waals surface area contributed by atoms with Crippen molar-refractivity contribution in [3.05, 3.63) is 60.7 Å². The zero-order valence-electron chi connectivity index (χ0n) is 14.1. The van der Waals surface area contributed by atoms with E-state index >= 15 is 0 Å². The highest BCUT2D eigenvalue weighted by atomic mass is 16.5. The van der Waals surface area contributed by atoms with Crippen molar-refractivity contribution in [2.45, 2.75) is 19.0 Å². The Labute approximate surface area is 143 Å². The largest absolute Gasteiger partial charge is 0.467 e. The van der Waals surface area contributed by atoms with Gasteiger partial charge in [0.2, 0.25) is 5.91 Å². The van der Waals surface area contributed by atoms with Crippen LogP contribution in [0.1, 0.15) is 11.1 Å². The fourth-order valence-corrected chi connectivity index (χ4v) is 2.98. The SMILES string of the molecule is C=CCN(CC=C)CC(=O)N1Cc2ccccc2CC1C(=O)OC. The summed E-state index contributed by atoms with van der Waals surface area (Å²) in [5.41, 5.74) is 2.16. The number of nitrogens with zero attached hydrogens (tertiary/aromatic N) is 2. The van der Waals surface area contributed by atoms with Gasteiger partial charge < -0.3 is 9.64 Å². The highest BCUT2D eigenvalue weighted by Gasteiger charge is 2.35. The number of carbonyl (C=O) groups excluding carboxylic acids is 2. The minimum absolute atomic E-state index is 0.0939. The lowest BCUT2D eigenvalue weighted by Gasteiger charge is -2.36. The smallest absolute Gasteiger partial charge is 0.328 e. The number of carbonyl (C=O) groups is 2. The number of hydrogen-bond donors (Lipinski definition) is 0. The molecule has 24 heavy (non-hydrogen) atoms. The molecule has 0 spiro atoms. The molecule has 1 aliphatic heterocycles. The van der Waals surface area contributed by atoms with Crippen molar-refractivity contribution >= 4 is 11.9 Å². The van der Waals surface area contributed by atoms with Crippen molar-refractivity contribution in [3.8, 4) is 0 Å². The third kappa shape index (κ3) is 4.11. The Morgan fingerprint density at radius 1 is 1.25 bits per heavy atom. The first-order valence-corrected chi connectivity index (χ1v) is 7.99. The lowest BCUT2D eigenvalue weighted by atomic mass is 9.94. The Balaban J connectivity index is 2.20. The molecule has 0 N–H and O–H groups in total. The van der Waals surface area contributed by atoms with Gasteiger partial charge >= 0.3 is 5.97 Å². The third-order valence-corrected chi connectivity index (χ3v) is 4.18. The predicted octanol–water partition coefficient (Wildman–Crippen LogP) is 1.79. The van der Waals surface area contributed by atoms with E-state index in [2.05, 4.69) is 13.2 Å². The Bertz CT molecular complexity index is 617. The van der Waals surface area contributed by atoms with Gasteiger partial charge in [-0.25, -0.2) is 4.79 Å². The van der Waals surface area contributed by atoms with E-state index in [-0.39, 0.29) is 18.4 Å². The van der Waals surface area contributed by atoms with Crippen LogP contribution in [0.25, 0.3) is 0 Å². The molecule has 128 valence electrons. The van der Waals surface area contributed by atoms with Crippen LogP contribution in [0.5, 0.6) is 0 Å². The first-order valence-electron chi connectivity index (χ1n) is 7.99. The normalized spacial score (nSPS) is 16.4. The molecule has 0 bridgehead atoms. The summed E-state index contributed by atoms with van der Waals surface area (Å²) in [5.74, 6) is -0.472. The number of methoxy groups -OCH3 is 1. The summed E-state index contributed by atoms with van der Waals surface area (Å²) in [7, 11) is 1.35. The lowest BCUT2D eigenvalue weighted by Crippen LogP contribution is -2.52. The topological polar surface area (TPSA) is 49.9 Å². The van der Waals surface area contributed by atoms with Crippen LogP contribution in [0, 0.1) is 0 Å². The molecule has 1 heterocycles. The van der Waals surface area contributed by atoms with Gasteiger partial charge in [0.25, 0.3) is 0 Å². The van der Waals surface area contributed by atoms with Crippen LogP contribution in [-0.2, 0) is 27.3 Å². The fraction of sp³-hybridized carbons (Fsp3) is 0.368. The average Bonchev–Trinajstić information content (AvgIpc) is 2.60. The molecule has 1 aromatic carbocycles. The van der Waals surface area contributed by atoms with Crippen LogP contribution in [0.3, 0.4) is 0 Å².